The second kappa shape index (κ2) is 8.14. The van der Waals surface area contributed by atoms with Crippen molar-refractivity contribution in [3.8, 4) is 0 Å². The summed E-state index contributed by atoms with van der Waals surface area (Å²) in [6, 6.07) is 10.3. The summed E-state index contributed by atoms with van der Waals surface area (Å²) in [6.07, 6.45) is 0. The highest BCUT2D eigenvalue weighted by molar-refractivity contribution is 5.11. The molecular formula is C8H17NO. The number of benzene rings is 1. The van der Waals surface area contributed by atoms with Crippen LogP contribution in [0.25, 0.3) is 0 Å². The highest BCUT2D eigenvalue weighted by Crippen LogP contribution is 1.92. The zero-order valence-electron chi connectivity index (χ0n) is 6.46. The predicted molar refractivity (Wildman–Crippen MR) is 47.0 cm³/mol. The van der Waals surface area contributed by atoms with Crippen LogP contribution in [-0.2, 0) is 0 Å². The van der Waals surface area contributed by atoms with Crippen molar-refractivity contribution in [3.05, 3.63) is 35.9 Å². The summed E-state index contributed by atoms with van der Waals surface area (Å²) in [5.41, 5.74) is 5.82. The van der Waals surface area contributed by atoms with Gasteiger partial charge in [-0.15, -0.1) is 0 Å². The molecule has 10 heavy (non-hydrogen) atoms. The monoisotopic (exact) mass is 143 g/mol. The number of hydrogen-bond acceptors (Lipinski definition) is 1. The van der Waals surface area contributed by atoms with Gasteiger partial charge in [0.1, 0.15) is 0 Å². The predicted octanol–water partition coefficient (Wildman–Crippen LogP) is 0.991. The number of nitrogens with two attached hydrogens (primary N) is 1. The average Bonchev–Trinajstić information content (AvgIpc) is 1.94. The normalized spacial score (nSPS) is 6.70. The van der Waals surface area contributed by atoms with Gasteiger partial charge in [0, 0.05) is 1.43 Å². The second-order valence-corrected chi connectivity index (χ2v) is 1.65. The molecule has 0 heterocycles. The molecule has 0 bridgehead atoms. The largest absolute Gasteiger partial charge is 0.412 e. The fourth-order valence-electron chi connectivity index (χ4n) is 0.534. The minimum absolute atomic E-state index is 0. The van der Waals surface area contributed by atoms with E-state index < -0.39 is 0 Å². The van der Waals surface area contributed by atoms with E-state index in [4.69, 9.17) is 0 Å². The van der Waals surface area contributed by atoms with E-state index in [-0.39, 0.29) is 6.90 Å². The van der Waals surface area contributed by atoms with Crippen LogP contribution >= 0.6 is 0 Å². The Morgan fingerprint density at radius 3 is 1.70 bits per heavy atom. The van der Waals surface area contributed by atoms with Crippen LogP contribution in [0.4, 0.5) is 0 Å². The van der Waals surface area contributed by atoms with Crippen LogP contribution in [0.1, 0.15) is 6.99 Å². The molecule has 2 nitrogen and oxygen atoms in total. The first-order valence-corrected chi connectivity index (χ1v) is 2.99. The summed E-state index contributed by atoms with van der Waals surface area (Å²) in [5, 5.41) is 0. The van der Waals surface area contributed by atoms with E-state index in [2.05, 4.69) is 24.8 Å². The molecule has 0 aliphatic rings. The lowest BCUT2D eigenvalue weighted by atomic mass is 10.2. The van der Waals surface area contributed by atoms with Crippen molar-refractivity contribution >= 4 is 0 Å². The Kier molecular flexibility index (Phi) is 9.67. The van der Waals surface area contributed by atoms with Crippen molar-refractivity contribution < 1.29 is 6.90 Å². The fourth-order valence-corrected chi connectivity index (χ4v) is 0.534. The quantitative estimate of drug-likeness (QED) is 0.578. The summed E-state index contributed by atoms with van der Waals surface area (Å²) in [7, 11) is 1.50. The first-order valence-electron chi connectivity index (χ1n) is 2.99. The first kappa shape index (κ1) is 11.9. The van der Waals surface area contributed by atoms with Gasteiger partial charge in [0.05, 0.1) is 0 Å². The summed E-state index contributed by atoms with van der Waals surface area (Å²) in [6.45, 7) is 2.08. The zero-order chi connectivity index (χ0) is 7.11. The van der Waals surface area contributed by atoms with E-state index in [9.17, 15) is 0 Å². The minimum atomic E-state index is 0. The van der Waals surface area contributed by atoms with Gasteiger partial charge in [-0.3, -0.25) is 0 Å². The van der Waals surface area contributed by atoms with Crippen LogP contribution in [0.3, 0.4) is 0 Å². The summed E-state index contributed by atoms with van der Waals surface area (Å²) in [5.74, 6) is 0. The van der Waals surface area contributed by atoms with E-state index in [1.807, 2.05) is 18.2 Å². The maximum Gasteiger partial charge on any atom is 0 e. The van der Waals surface area contributed by atoms with Crippen LogP contribution in [-0.4, -0.2) is 12.5 Å². The standard InChI is InChI=1S/C7H8.CH5N.H2O.H2/c1-7-5-3-2-4-6-7;1-2;;/h2-6H,1H3;2H2,1H3;1H2;1H. The molecule has 60 valence electrons. The maximum atomic E-state index is 4.50. The van der Waals surface area contributed by atoms with Gasteiger partial charge in [0.2, 0.25) is 0 Å². The molecule has 1 rings (SSSR count). The topological polar surface area (TPSA) is 57.5 Å². The van der Waals surface area contributed by atoms with Crippen molar-refractivity contribution in [2.75, 3.05) is 7.05 Å². The Labute approximate surface area is 63.5 Å². The Balaban J connectivity index is -0.000000149. The SMILES string of the molecule is CN.Cc1ccccc1.O.[HH]. The average molecular weight is 143 g/mol. The molecule has 4 N–H and O–H groups in total. The molecule has 0 aliphatic carbocycles. The van der Waals surface area contributed by atoms with E-state index in [0.717, 1.165) is 0 Å². The molecular weight excluding hydrogens is 126 g/mol. The van der Waals surface area contributed by atoms with Gasteiger partial charge in [-0.1, -0.05) is 35.9 Å². The fraction of sp³-hybridized carbons (Fsp3) is 0.250. The molecule has 0 saturated carbocycles. The van der Waals surface area contributed by atoms with E-state index in [1.54, 1.807) is 0 Å². The minimum Gasteiger partial charge on any atom is -0.412 e. The molecule has 0 unspecified atom stereocenters. The number of hydrogen-bond donors (Lipinski definition) is 1. The Morgan fingerprint density at radius 2 is 1.50 bits per heavy atom. The Hall–Kier alpha value is -0.860. The molecule has 0 amide bonds. The molecule has 0 spiro atoms. The van der Waals surface area contributed by atoms with Gasteiger partial charge in [0.25, 0.3) is 0 Å². The van der Waals surface area contributed by atoms with Crippen LogP contribution in [0, 0.1) is 6.92 Å². The van der Waals surface area contributed by atoms with Crippen LogP contribution in [0.15, 0.2) is 30.3 Å². The molecule has 0 aliphatic heterocycles. The third-order valence-corrected chi connectivity index (χ3v) is 0.940. The molecule has 0 atom stereocenters. The highest BCUT2D eigenvalue weighted by atomic mass is 16.0. The van der Waals surface area contributed by atoms with Crippen molar-refractivity contribution in [2.24, 2.45) is 5.73 Å². The molecule has 2 heteroatoms. The van der Waals surface area contributed by atoms with Crippen molar-refractivity contribution in [1.29, 1.82) is 0 Å². The van der Waals surface area contributed by atoms with Gasteiger partial charge in [-0.25, -0.2) is 0 Å². The highest BCUT2D eigenvalue weighted by Gasteiger charge is 1.72. The van der Waals surface area contributed by atoms with Gasteiger partial charge >= 0.3 is 0 Å². The summed E-state index contributed by atoms with van der Waals surface area (Å²) < 4.78 is 0. The van der Waals surface area contributed by atoms with Crippen LogP contribution in [0.2, 0.25) is 0 Å². The van der Waals surface area contributed by atoms with Gasteiger partial charge in [-0.05, 0) is 14.0 Å². The first-order chi connectivity index (χ1) is 4.39. The zero-order valence-corrected chi connectivity index (χ0v) is 6.46. The van der Waals surface area contributed by atoms with Gasteiger partial charge < -0.3 is 11.2 Å². The van der Waals surface area contributed by atoms with Crippen LogP contribution < -0.4 is 5.73 Å². The lowest BCUT2D eigenvalue weighted by Crippen LogP contribution is -1.69. The molecule has 0 saturated heterocycles. The molecule has 1 aromatic rings. The Bertz CT molecular complexity index is 144. The number of aryl methyl sites for hydroxylation is 1. The summed E-state index contributed by atoms with van der Waals surface area (Å²) >= 11 is 0. The van der Waals surface area contributed by atoms with Gasteiger partial charge in [0.15, 0.2) is 0 Å². The smallest absolute Gasteiger partial charge is 0 e. The van der Waals surface area contributed by atoms with Crippen molar-refractivity contribution in [3.63, 3.8) is 0 Å². The maximum absolute atomic E-state index is 4.50. The number of rotatable bonds is 0. The molecule has 0 fully saturated rings. The lowest BCUT2D eigenvalue weighted by Gasteiger charge is -1.82. The van der Waals surface area contributed by atoms with E-state index in [1.165, 1.54) is 12.6 Å². The molecule has 1 aromatic carbocycles. The third-order valence-electron chi connectivity index (χ3n) is 0.940. The van der Waals surface area contributed by atoms with Crippen molar-refractivity contribution in [1.82, 2.24) is 0 Å². The molecule has 0 aromatic heterocycles. The van der Waals surface area contributed by atoms with Gasteiger partial charge in [-0.2, -0.15) is 0 Å². The van der Waals surface area contributed by atoms with Crippen molar-refractivity contribution in [2.45, 2.75) is 6.92 Å². The lowest BCUT2D eigenvalue weighted by molar-refractivity contribution is 0.824. The van der Waals surface area contributed by atoms with E-state index in [0.29, 0.717) is 0 Å². The third kappa shape index (κ3) is 5.28. The summed E-state index contributed by atoms with van der Waals surface area (Å²) in [4.78, 5) is 0. The molecule has 0 radical (unpaired) electrons. The Morgan fingerprint density at radius 1 is 1.10 bits per heavy atom. The van der Waals surface area contributed by atoms with E-state index >= 15 is 0 Å². The second-order valence-electron chi connectivity index (χ2n) is 1.65. The van der Waals surface area contributed by atoms with Crippen LogP contribution in [0.5, 0.6) is 0 Å².